The molecule has 5 nitrogen and oxygen atoms in total. The van der Waals surface area contributed by atoms with Crippen LogP contribution in [0, 0.1) is 0 Å². The summed E-state index contributed by atoms with van der Waals surface area (Å²) in [5, 5.41) is 3.95. The monoisotopic (exact) mass is 645 g/mol. The maximum atomic E-state index is 8.68. The fourth-order valence-corrected chi connectivity index (χ4v) is 6.89. The van der Waals surface area contributed by atoms with Crippen molar-refractivity contribution in [1.82, 2.24) is 19.5 Å². The highest BCUT2D eigenvalue weighted by molar-refractivity contribution is 6.13. The van der Waals surface area contributed by atoms with Crippen LogP contribution in [0.5, 0.6) is 0 Å². The lowest BCUT2D eigenvalue weighted by Gasteiger charge is -2.10. The van der Waals surface area contributed by atoms with Crippen LogP contribution in [0.3, 0.4) is 0 Å². The third-order valence-electron chi connectivity index (χ3n) is 9.15. The molecule has 5 heteroatoms. The second-order valence-electron chi connectivity index (χ2n) is 12.1. The average Bonchev–Trinajstić information content (AvgIpc) is 3.78. The summed E-state index contributed by atoms with van der Waals surface area (Å²) in [7, 11) is 0. The largest absolute Gasteiger partial charge is 0.456 e. The van der Waals surface area contributed by atoms with Gasteiger partial charge >= 0.3 is 0 Å². The number of furan rings is 1. The number of rotatable bonds is 5. The normalized spacial score (nSPS) is 13.0. The fraction of sp³-hybridized carbons (Fsp3) is 0. The molecule has 0 spiro atoms. The molecule has 0 aliphatic carbocycles. The molecule has 0 amide bonds. The summed E-state index contributed by atoms with van der Waals surface area (Å²) in [4.78, 5) is 14.4. The summed E-state index contributed by atoms with van der Waals surface area (Å²) in [6.45, 7) is 0. The standard InChI is InChI=1S/C45H28N4O/c1-4-13-29(14-5-1)32-23-25-35-34-19-10-11-21-38(34)49(39(35)27-32)33-24-26-36-41(28-33)50-40-22-12-20-37(42(36)40)45-47-43(30-15-6-2-7-16-30)46-44(48-45)31-17-8-3-9-18-31/h1-28H/i2D,6D,7D,15D,16D. The van der Waals surface area contributed by atoms with Gasteiger partial charge in [-0.25, -0.2) is 15.0 Å². The Balaban J connectivity index is 1.18. The van der Waals surface area contributed by atoms with Gasteiger partial charge in [-0.3, -0.25) is 0 Å². The van der Waals surface area contributed by atoms with Crippen molar-refractivity contribution >= 4 is 43.7 Å². The van der Waals surface area contributed by atoms with E-state index in [1.807, 2.05) is 54.6 Å². The molecule has 0 saturated heterocycles. The minimum atomic E-state index is -0.483. The SMILES string of the molecule is [2H]c1c([2H])c([2H])c(-c2nc(-c3ccccc3)nc(-c3cccc4oc5cc(-n6c7ccccc7c7ccc(-c8ccccc8)cc76)ccc5c34)n2)c([2H])c1[2H]. The molecule has 3 aromatic heterocycles. The summed E-state index contributed by atoms with van der Waals surface area (Å²) in [5.41, 5.74) is 7.93. The molecule has 7 aromatic carbocycles. The maximum Gasteiger partial charge on any atom is 0.164 e. The van der Waals surface area contributed by atoms with Crippen molar-refractivity contribution in [1.29, 1.82) is 0 Å². The van der Waals surface area contributed by atoms with Crippen molar-refractivity contribution in [2.45, 2.75) is 0 Å². The van der Waals surface area contributed by atoms with Gasteiger partial charge in [0.25, 0.3) is 0 Å². The Morgan fingerprint density at radius 3 is 1.96 bits per heavy atom. The summed E-state index contributed by atoms with van der Waals surface area (Å²) < 4.78 is 51.0. The second-order valence-corrected chi connectivity index (χ2v) is 12.1. The fourth-order valence-electron chi connectivity index (χ4n) is 6.89. The van der Waals surface area contributed by atoms with Gasteiger partial charge in [-0.05, 0) is 41.5 Å². The van der Waals surface area contributed by atoms with E-state index in [1.165, 1.54) is 0 Å². The van der Waals surface area contributed by atoms with Crippen LogP contribution in [-0.4, -0.2) is 19.5 Å². The molecule has 3 heterocycles. The number of para-hydroxylation sites is 1. The van der Waals surface area contributed by atoms with Crippen molar-refractivity contribution in [3.8, 4) is 51.0 Å². The summed E-state index contributed by atoms with van der Waals surface area (Å²) in [5.74, 6) is 0.568. The lowest BCUT2D eigenvalue weighted by molar-refractivity contribution is 0.668. The molecule has 10 rings (SSSR count). The molecule has 10 aromatic rings. The molecule has 0 N–H and O–H groups in total. The van der Waals surface area contributed by atoms with Crippen LogP contribution in [0.1, 0.15) is 6.85 Å². The van der Waals surface area contributed by atoms with Crippen molar-refractivity contribution in [2.24, 2.45) is 0 Å². The van der Waals surface area contributed by atoms with E-state index in [9.17, 15) is 0 Å². The first kappa shape index (κ1) is 23.5. The lowest BCUT2D eigenvalue weighted by Crippen LogP contribution is -2.00. The highest BCUT2D eigenvalue weighted by Gasteiger charge is 2.19. The van der Waals surface area contributed by atoms with Crippen LogP contribution in [0.15, 0.2) is 174 Å². The molecule has 0 radical (unpaired) electrons. The van der Waals surface area contributed by atoms with Gasteiger partial charge in [-0.2, -0.15) is 0 Å². The Hall–Kier alpha value is -6.85. The molecule has 50 heavy (non-hydrogen) atoms. The molecule has 0 aliphatic heterocycles. The minimum absolute atomic E-state index is 0.0193. The number of nitrogens with zero attached hydrogens (tertiary/aromatic N) is 4. The van der Waals surface area contributed by atoms with E-state index < -0.39 is 18.1 Å². The van der Waals surface area contributed by atoms with Gasteiger partial charge in [0.2, 0.25) is 0 Å². The minimum Gasteiger partial charge on any atom is -0.456 e. The van der Waals surface area contributed by atoms with E-state index in [-0.39, 0.29) is 29.3 Å². The average molecular weight is 646 g/mol. The van der Waals surface area contributed by atoms with E-state index >= 15 is 0 Å². The maximum absolute atomic E-state index is 8.68. The smallest absolute Gasteiger partial charge is 0.164 e. The predicted octanol–water partition coefficient (Wildman–Crippen LogP) is 11.5. The summed E-state index contributed by atoms with van der Waals surface area (Å²) in [6, 6.07) is 44.4. The third-order valence-corrected chi connectivity index (χ3v) is 9.15. The number of fused-ring (bicyclic) bond motifs is 6. The predicted molar refractivity (Wildman–Crippen MR) is 203 cm³/mol. The highest BCUT2D eigenvalue weighted by Crippen LogP contribution is 2.39. The van der Waals surface area contributed by atoms with Crippen LogP contribution in [0.4, 0.5) is 0 Å². The van der Waals surface area contributed by atoms with Gasteiger partial charge in [-0.1, -0.05) is 133 Å². The molecular formula is C45H28N4O. The second kappa shape index (κ2) is 11.4. The van der Waals surface area contributed by atoms with Crippen LogP contribution in [0.25, 0.3) is 94.7 Å². The molecule has 0 atom stereocenters. The Morgan fingerprint density at radius 1 is 0.460 bits per heavy atom. The first-order valence-corrected chi connectivity index (χ1v) is 16.3. The van der Waals surface area contributed by atoms with E-state index in [4.69, 9.17) is 21.2 Å². The molecule has 0 aliphatic rings. The lowest BCUT2D eigenvalue weighted by atomic mass is 10.0. The van der Waals surface area contributed by atoms with Crippen LogP contribution in [-0.2, 0) is 0 Å². The first-order chi connectivity index (χ1) is 26.9. The number of hydrogen-bond donors (Lipinski definition) is 0. The van der Waals surface area contributed by atoms with Crippen molar-refractivity contribution in [3.05, 3.63) is 170 Å². The van der Waals surface area contributed by atoms with Gasteiger partial charge in [-0.15, -0.1) is 0 Å². The van der Waals surface area contributed by atoms with Crippen LogP contribution in [0.2, 0.25) is 0 Å². The van der Waals surface area contributed by atoms with Gasteiger partial charge in [0.1, 0.15) is 11.2 Å². The van der Waals surface area contributed by atoms with E-state index in [0.717, 1.165) is 49.4 Å². The third kappa shape index (κ3) is 4.60. The Kier molecular flexibility index (Phi) is 5.35. The van der Waals surface area contributed by atoms with Crippen LogP contribution >= 0.6 is 0 Å². The van der Waals surface area contributed by atoms with Gasteiger partial charge in [0.05, 0.1) is 17.9 Å². The number of aromatic nitrogens is 4. The summed E-state index contributed by atoms with van der Waals surface area (Å²) in [6.07, 6.45) is 0. The van der Waals surface area contributed by atoms with Crippen molar-refractivity contribution in [2.75, 3.05) is 0 Å². The quantitative estimate of drug-likeness (QED) is 0.187. The van der Waals surface area contributed by atoms with E-state index in [0.29, 0.717) is 28.1 Å². The molecule has 0 fully saturated rings. The van der Waals surface area contributed by atoms with Gasteiger partial charge in [0, 0.05) is 50.0 Å². The number of benzene rings is 7. The van der Waals surface area contributed by atoms with Crippen LogP contribution < -0.4 is 0 Å². The first-order valence-electron chi connectivity index (χ1n) is 18.8. The Morgan fingerprint density at radius 2 is 1.14 bits per heavy atom. The van der Waals surface area contributed by atoms with Gasteiger partial charge < -0.3 is 8.98 Å². The van der Waals surface area contributed by atoms with Gasteiger partial charge in [0.15, 0.2) is 17.5 Å². The summed E-state index contributed by atoms with van der Waals surface area (Å²) >= 11 is 0. The topological polar surface area (TPSA) is 56.7 Å². The Labute approximate surface area is 294 Å². The zero-order valence-corrected chi connectivity index (χ0v) is 26.5. The zero-order valence-electron chi connectivity index (χ0n) is 31.5. The number of hydrogen-bond acceptors (Lipinski definition) is 4. The molecule has 0 saturated carbocycles. The molecule has 0 bridgehead atoms. The molecule has 0 unspecified atom stereocenters. The van der Waals surface area contributed by atoms with Crippen molar-refractivity contribution in [3.63, 3.8) is 0 Å². The Bertz CT molecular complexity index is 3130. The van der Waals surface area contributed by atoms with Crippen molar-refractivity contribution < 1.29 is 11.3 Å². The van der Waals surface area contributed by atoms with E-state index in [1.54, 1.807) is 0 Å². The molecular weight excluding hydrogens is 613 g/mol. The highest BCUT2D eigenvalue weighted by atomic mass is 16.3. The molecule has 234 valence electrons. The zero-order chi connectivity index (χ0) is 37.4. The van der Waals surface area contributed by atoms with E-state index in [2.05, 4.69) is 94.5 Å².